The van der Waals surface area contributed by atoms with Gasteiger partial charge in [0.1, 0.15) is 6.10 Å². The first-order valence-electron chi connectivity index (χ1n) is 10.0. The Morgan fingerprint density at radius 2 is 1.91 bits per heavy atom. The Morgan fingerprint density at radius 3 is 2.69 bits per heavy atom. The molecule has 1 unspecified atom stereocenters. The zero-order valence-corrected chi connectivity index (χ0v) is 17.9. The summed E-state index contributed by atoms with van der Waals surface area (Å²) in [4.78, 5) is 23.8. The molecule has 0 bridgehead atoms. The number of H-pyrrole nitrogens is 1. The smallest absolute Gasteiger partial charge is 0.249 e. The van der Waals surface area contributed by atoms with Crippen LogP contribution in [-0.4, -0.2) is 24.6 Å². The lowest BCUT2D eigenvalue weighted by molar-refractivity contribution is 0.212. The van der Waals surface area contributed by atoms with Gasteiger partial charge in [0.15, 0.2) is 0 Å². The molecule has 5 rings (SSSR count). The summed E-state index contributed by atoms with van der Waals surface area (Å²) in [6.45, 7) is 0. The SMILES string of the molecule is Cn1cnc(-c2cccnc2)c1C(O)c1ccc2[nH]c(=O)cc(-c3cccc(Cl)c3)c2c1. The number of hydrogen-bond donors (Lipinski definition) is 2. The Labute approximate surface area is 188 Å². The molecule has 0 amide bonds. The molecule has 0 aliphatic heterocycles. The summed E-state index contributed by atoms with van der Waals surface area (Å²) in [6, 6.07) is 18.2. The molecule has 2 N–H and O–H groups in total. The molecule has 0 aliphatic rings. The van der Waals surface area contributed by atoms with Crippen molar-refractivity contribution >= 4 is 22.5 Å². The molecule has 3 heterocycles. The molecule has 0 saturated heterocycles. The van der Waals surface area contributed by atoms with Gasteiger partial charge in [-0.1, -0.05) is 29.8 Å². The second-order valence-electron chi connectivity index (χ2n) is 7.60. The summed E-state index contributed by atoms with van der Waals surface area (Å²) in [6.07, 6.45) is 4.17. The molecule has 0 radical (unpaired) electrons. The second kappa shape index (κ2) is 8.07. The number of hydrogen-bond acceptors (Lipinski definition) is 4. The van der Waals surface area contributed by atoms with Crippen molar-refractivity contribution in [1.82, 2.24) is 19.5 Å². The van der Waals surface area contributed by atoms with Gasteiger partial charge in [-0.2, -0.15) is 0 Å². The minimum absolute atomic E-state index is 0.203. The van der Waals surface area contributed by atoms with E-state index in [1.54, 1.807) is 30.9 Å². The number of rotatable bonds is 4. The van der Waals surface area contributed by atoms with E-state index in [2.05, 4.69) is 15.0 Å². The monoisotopic (exact) mass is 442 g/mol. The van der Waals surface area contributed by atoms with Crippen molar-refractivity contribution in [3.8, 4) is 22.4 Å². The van der Waals surface area contributed by atoms with Gasteiger partial charge in [0.05, 0.1) is 17.7 Å². The maximum Gasteiger partial charge on any atom is 0.249 e. The molecule has 0 fully saturated rings. The van der Waals surface area contributed by atoms with Crippen LogP contribution in [0.15, 0.2) is 84.2 Å². The van der Waals surface area contributed by atoms with Gasteiger partial charge in [0.2, 0.25) is 5.56 Å². The summed E-state index contributed by atoms with van der Waals surface area (Å²) < 4.78 is 1.81. The molecule has 0 saturated carbocycles. The first-order valence-corrected chi connectivity index (χ1v) is 10.4. The Balaban J connectivity index is 1.67. The summed E-state index contributed by atoms with van der Waals surface area (Å²) in [5.74, 6) is 0. The van der Waals surface area contributed by atoms with Crippen molar-refractivity contribution in [2.75, 3.05) is 0 Å². The van der Waals surface area contributed by atoms with Crippen LogP contribution in [0.25, 0.3) is 33.3 Å². The topological polar surface area (TPSA) is 83.8 Å². The maximum absolute atomic E-state index is 12.3. The van der Waals surface area contributed by atoms with Crippen LogP contribution in [0.4, 0.5) is 0 Å². The Kier molecular flexibility index (Phi) is 5.09. The van der Waals surface area contributed by atoms with E-state index in [9.17, 15) is 9.90 Å². The average molecular weight is 443 g/mol. The van der Waals surface area contributed by atoms with Gasteiger partial charge in [-0.3, -0.25) is 9.78 Å². The third-order valence-corrected chi connectivity index (χ3v) is 5.73. The molecule has 0 spiro atoms. The van der Waals surface area contributed by atoms with E-state index in [1.165, 1.54) is 0 Å². The van der Waals surface area contributed by atoms with Gasteiger partial charge in [-0.15, -0.1) is 0 Å². The number of pyridine rings is 2. The molecule has 3 aromatic heterocycles. The molecule has 5 aromatic rings. The number of aryl methyl sites for hydroxylation is 1. The highest BCUT2D eigenvalue weighted by Gasteiger charge is 2.21. The van der Waals surface area contributed by atoms with E-state index in [1.807, 2.05) is 60.1 Å². The van der Waals surface area contributed by atoms with E-state index >= 15 is 0 Å². The van der Waals surface area contributed by atoms with Crippen LogP contribution >= 0.6 is 11.6 Å². The van der Waals surface area contributed by atoms with Crippen molar-refractivity contribution in [1.29, 1.82) is 0 Å². The highest BCUT2D eigenvalue weighted by molar-refractivity contribution is 6.30. The third-order valence-electron chi connectivity index (χ3n) is 5.50. The molecule has 6 nitrogen and oxygen atoms in total. The largest absolute Gasteiger partial charge is 0.382 e. The second-order valence-corrected chi connectivity index (χ2v) is 8.03. The molecule has 32 heavy (non-hydrogen) atoms. The fourth-order valence-electron chi connectivity index (χ4n) is 3.98. The van der Waals surface area contributed by atoms with Gasteiger partial charge >= 0.3 is 0 Å². The third kappa shape index (κ3) is 3.60. The standard InChI is InChI=1S/C25H19ClN4O2/c1-30-14-28-23(17-5-3-9-27-13-17)24(30)25(32)16-7-8-21-20(11-16)19(12-22(31)29-21)15-4-2-6-18(26)10-15/h2-14,25,32H,1H3,(H,29,31). The van der Waals surface area contributed by atoms with E-state index in [-0.39, 0.29) is 5.56 Å². The van der Waals surface area contributed by atoms with Gasteiger partial charge < -0.3 is 14.7 Å². The summed E-state index contributed by atoms with van der Waals surface area (Å²) in [7, 11) is 1.85. The molecule has 2 aromatic carbocycles. The number of benzene rings is 2. The number of aliphatic hydroxyl groups is 1. The minimum Gasteiger partial charge on any atom is -0.382 e. The quantitative estimate of drug-likeness (QED) is 0.421. The van der Waals surface area contributed by atoms with Crippen LogP contribution in [0.2, 0.25) is 5.02 Å². The van der Waals surface area contributed by atoms with E-state index in [0.29, 0.717) is 27.5 Å². The minimum atomic E-state index is -0.929. The predicted molar refractivity (Wildman–Crippen MR) is 126 cm³/mol. The van der Waals surface area contributed by atoms with Crippen LogP contribution in [0.1, 0.15) is 17.4 Å². The number of halogens is 1. The molecule has 158 valence electrons. The number of fused-ring (bicyclic) bond motifs is 1. The van der Waals surface area contributed by atoms with Crippen LogP contribution in [0, 0.1) is 0 Å². The van der Waals surface area contributed by atoms with Crippen molar-refractivity contribution in [3.05, 3.63) is 106 Å². The Morgan fingerprint density at radius 1 is 1.06 bits per heavy atom. The van der Waals surface area contributed by atoms with Gasteiger partial charge in [0.25, 0.3) is 0 Å². The van der Waals surface area contributed by atoms with Crippen molar-refractivity contribution in [2.45, 2.75) is 6.10 Å². The van der Waals surface area contributed by atoms with Crippen LogP contribution in [0.3, 0.4) is 0 Å². The van der Waals surface area contributed by atoms with Crippen molar-refractivity contribution in [2.24, 2.45) is 7.05 Å². The zero-order chi connectivity index (χ0) is 22.2. The van der Waals surface area contributed by atoms with Gasteiger partial charge in [0, 0.05) is 47.0 Å². The molecule has 1 atom stereocenters. The lowest BCUT2D eigenvalue weighted by Crippen LogP contribution is -2.08. The molecule has 7 heteroatoms. The fraction of sp³-hybridized carbons (Fsp3) is 0.0800. The van der Waals surface area contributed by atoms with Gasteiger partial charge in [-0.05, 0) is 53.1 Å². The Hall–Kier alpha value is -3.74. The Bertz CT molecular complexity index is 1490. The number of nitrogens with one attached hydrogen (secondary N) is 1. The van der Waals surface area contributed by atoms with E-state index < -0.39 is 6.10 Å². The van der Waals surface area contributed by atoms with Crippen molar-refractivity contribution in [3.63, 3.8) is 0 Å². The molecular weight excluding hydrogens is 424 g/mol. The molecule has 0 aliphatic carbocycles. The number of aromatic nitrogens is 4. The highest BCUT2D eigenvalue weighted by Crippen LogP contribution is 2.34. The lowest BCUT2D eigenvalue weighted by atomic mass is 9.96. The number of aromatic amines is 1. The predicted octanol–water partition coefficient (Wildman–Crippen LogP) is 4.73. The highest BCUT2D eigenvalue weighted by atomic mass is 35.5. The first-order chi connectivity index (χ1) is 15.5. The fourth-order valence-corrected chi connectivity index (χ4v) is 4.17. The van der Waals surface area contributed by atoms with Crippen LogP contribution in [-0.2, 0) is 7.05 Å². The lowest BCUT2D eigenvalue weighted by Gasteiger charge is -2.16. The summed E-state index contributed by atoms with van der Waals surface area (Å²) >= 11 is 6.19. The number of nitrogens with zero attached hydrogens (tertiary/aromatic N) is 3. The number of imidazole rings is 1. The summed E-state index contributed by atoms with van der Waals surface area (Å²) in [5, 5.41) is 12.7. The summed E-state index contributed by atoms with van der Waals surface area (Å²) in [5.41, 5.74) is 4.89. The normalized spacial score (nSPS) is 12.2. The average Bonchev–Trinajstić information content (AvgIpc) is 3.19. The van der Waals surface area contributed by atoms with Crippen LogP contribution in [0.5, 0.6) is 0 Å². The maximum atomic E-state index is 12.3. The van der Waals surface area contributed by atoms with E-state index in [0.717, 1.165) is 22.1 Å². The van der Waals surface area contributed by atoms with Crippen molar-refractivity contribution < 1.29 is 5.11 Å². The number of aliphatic hydroxyl groups excluding tert-OH is 1. The van der Waals surface area contributed by atoms with E-state index in [4.69, 9.17) is 11.6 Å². The van der Waals surface area contributed by atoms with Gasteiger partial charge in [-0.25, -0.2) is 4.98 Å². The first kappa shape index (κ1) is 20.2. The molecular formula is C25H19ClN4O2. The zero-order valence-electron chi connectivity index (χ0n) is 17.2. The van der Waals surface area contributed by atoms with Crippen LogP contribution < -0.4 is 5.56 Å².